The fourth-order valence-electron chi connectivity index (χ4n) is 1.04. The van der Waals surface area contributed by atoms with E-state index in [9.17, 15) is 4.79 Å². The van der Waals surface area contributed by atoms with Crippen molar-refractivity contribution in [3.05, 3.63) is 41.3 Å². The van der Waals surface area contributed by atoms with Crippen LogP contribution in [0.3, 0.4) is 0 Å². The van der Waals surface area contributed by atoms with Gasteiger partial charge in [0.2, 0.25) is 0 Å². The molecule has 0 aliphatic rings. The standard InChI is InChI=1S/C10H6ClN3O/c11-8-1-2-9(12-5-8)10-13-3-7(6-15)4-14-10/h1-6H. The summed E-state index contributed by atoms with van der Waals surface area (Å²) in [5.41, 5.74) is 1.06. The first-order valence-electron chi connectivity index (χ1n) is 4.19. The molecular formula is C10H6ClN3O. The highest BCUT2D eigenvalue weighted by molar-refractivity contribution is 6.30. The third-order valence-electron chi connectivity index (χ3n) is 1.76. The Bertz CT molecular complexity index is 467. The first-order valence-corrected chi connectivity index (χ1v) is 4.56. The molecule has 2 rings (SSSR count). The minimum absolute atomic E-state index is 0.438. The minimum atomic E-state index is 0.438. The number of hydrogen-bond acceptors (Lipinski definition) is 4. The van der Waals surface area contributed by atoms with E-state index in [0.717, 1.165) is 0 Å². The number of carbonyl (C=O) groups is 1. The van der Waals surface area contributed by atoms with E-state index in [4.69, 9.17) is 11.6 Å². The zero-order valence-corrected chi connectivity index (χ0v) is 8.35. The maximum Gasteiger partial charge on any atom is 0.178 e. The molecule has 4 nitrogen and oxygen atoms in total. The van der Waals surface area contributed by atoms with Crippen molar-refractivity contribution < 1.29 is 4.79 Å². The van der Waals surface area contributed by atoms with Gasteiger partial charge >= 0.3 is 0 Å². The number of nitrogens with zero attached hydrogens (tertiary/aromatic N) is 3. The molecule has 0 N–H and O–H groups in total. The van der Waals surface area contributed by atoms with Crippen LogP contribution in [0.1, 0.15) is 10.4 Å². The highest BCUT2D eigenvalue weighted by Crippen LogP contribution is 2.13. The second-order valence-corrected chi connectivity index (χ2v) is 3.26. The lowest BCUT2D eigenvalue weighted by atomic mass is 10.3. The zero-order chi connectivity index (χ0) is 10.7. The molecule has 0 aliphatic heterocycles. The summed E-state index contributed by atoms with van der Waals surface area (Å²) in [6, 6.07) is 3.43. The normalized spacial score (nSPS) is 9.93. The zero-order valence-electron chi connectivity index (χ0n) is 7.59. The highest BCUT2D eigenvalue weighted by atomic mass is 35.5. The molecule has 0 spiro atoms. The first kappa shape index (κ1) is 9.73. The van der Waals surface area contributed by atoms with Crippen LogP contribution in [0.2, 0.25) is 5.02 Å². The van der Waals surface area contributed by atoms with Gasteiger partial charge in [-0.1, -0.05) is 11.6 Å². The van der Waals surface area contributed by atoms with Crippen molar-refractivity contribution in [3.8, 4) is 11.5 Å². The highest BCUT2D eigenvalue weighted by Gasteiger charge is 2.02. The smallest absolute Gasteiger partial charge is 0.178 e. The van der Waals surface area contributed by atoms with Crippen molar-refractivity contribution in [3.63, 3.8) is 0 Å². The summed E-state index contributed by atoms with van der Waals surface area (Å²) in [5, 5.41) is 0.559. The quantitative estimate of drug-likeness (QED) is 0.725. The second-order valence-electron chi connectivity index (χ2n) is 2.82. The lowest BCUT2D eigenvalue weighted by molar-refractivity contribution is 0.112. The largest absolute Gasteiger partial charge is 0.298 e. The Labute approximate surface area is 91.0 Å². The van der Waals surface area contributed by atoms with E-state index in [-0.39, 0.29) is 0 Å². The van der Waals surface area contributed by atoms with Gasteiger partial charge in [-0.2, -0.15) is 0 Å². The van der Waals surface area contributed by atoms with Crippen molar-refractivity contribution in [1.82, 2.24) is 15.0 Å². The van der Waals surface area contributed by atoms with Gasteiger partial charge in [0.25, 0.3) is 0 Å². The predicted molar refractivity (Wildman–Crippen MR) is 55.7 cm³/mol. The fourth-order valence-corrected chi connectivity index (χ4v) is 1.15. The molecule has 0 saturated carbocycles. The number of aromatic nitrogens is 3. The van der Waals surface area contributed by atoms with Crippen molar-refractivity contribution in [2.24, 2.45) is 0 Å². The van der Waals surface area contributed by atoms with Gasteiger partial charge in [-0.3, -0.25) is 9.78 Å². The van der Waals surface area contributed by atoms with Crippen LogP contribution in [0.25, 0.3) is 11.5 Å². The molecule has 0 amide bonds. The Hall–Kier alpha value is -1.81. The monoisotopic (exact) mass is 219 g/mol. The van der Waals surface area contributed by atoms with Gasteiger partial charge in [0.05, 0.1) is 10.6 Å². The molecular weight excluding hydrogens is 214 g/mol. The van der Waals surface area contributed by atoms with E-state index in [0.29, 0.717) is 28.4 Å². The predicted octanol–water partition coefficient (Wildman–Crippen LogP) is 2.00. The Morgan fingerprint density at radius 1 is 1.07 bits per heavy atom. The van der Waals surface area contributed by atoms with Crippen molar-refractivity contribution in [1.29, 1.82) is 0 Å². The van der Waals surface area contributed by atoms with Gasteiger partial charge in [0.15, 0.2) is 12.1 Å². The molecule has 0 aliphatic carbocycles. The molecule has 2 aromatic rings. The van der Waals surface area contributed by atoms with Gasteiger partial charge in [0.1, 0.15) is 5.69 Å². The molecule has 74 valence electrons. The molecule has 0 saturated heterocycles. The van der Waals surface area contributed by atoms with E-state index < -0.39 is 0 Å². The van der Waals surface area contributed by atoms with Gasteiger partial charge in [-0.15, -0.1) is 0 Å². The molecule has 2 aromatic heterocycles. The summed E-state index contributed by atoms with van der Waals surface area (Å²) in [7, 11) is 0. The molecule has 0 unspecified atom stereocenters. The van der Waals surface area contributed by atoms with E-state index in [1.54, 1.807) is 12.1 Å². The number of pyridine rings is 1. The van der Waals surface area contributed by atoms with Crippen LogP contribution in [0.15, 0.2) is 30.7 Å². The summed E-state index contributed by atoms with van der Waals surface area (Å²) >= 11 is 5.70. The Balaban J connectivity index is 2.37. The van der Waals surface area contributed by atoms with Gasteiger partial charge in [-0.25, -0.2) is 9.97 Å². The number of hydrogen-bond donors (Lipinski definition) is 0. The fraction of sp³-hybridized carbons (Fsp3) is 0. The van der Waals surface area contributed by atoms with Gasteiger partial charge < -0.3 is 0 Å². The molecule has 2 heterocycles. The molecule has 5 heteroatoms. The maximum absolute atomic E-state index is 10.4. The molecule has 0 bridgehead atoms. The van der Waals surface area contributed by atoms with Crippen LogP contribution in [-0.2, 0) is 0 Å². The molecule has 0 fully saturated rings. The Morgan fingerprint density at radius 2 is 1.80 bits per heavy atom. The average molecular weight is 220 g/mol. The molecule has 0 atom stereocenters. The molecule has 15 heavy (non-hydrogen) atoms. The van der Waals surface area contributed by atoms with Crippen molar-refractivity contribution in [2.45, 2.75) is 0 Å². The number of rotatable bonds is 2. The Morgan fingerprint density at radius 3 is 2.33 bits per heavy atom. The van der Waals surface area contributed by atoms with Crippen LogP contribution in [0.4, 0.5) is 0 Å². The topological polar surface area (TPSA) is 55.7 Å². The van der Waals surface area contributed by atoms with Crippen LogP contribution in [0, 0.1) is 0 Å². The summed E-state index contributed by atoms with van der Waals surface area (Å²) in [5.74, 6) is 0.470. The van der Waals surface area contributed by atoms with Crippen molar-refractivity contribution in [2.75, 3.05) is 0 Å². The summed E-state index contributed by atoms with van der Waals surface area (Å²) < 4.78 is 0. The van der Waals surface area contributed by atoms with E-state index in [1.807, 2.05) is 0 Å². The van der Waals surface area contributed by atoms with Crippen LogP contribution >= 0.6 is 11.6 Å². The number of carbonyl (C=O) groups excluding carboxylic acids is 1. The van der Waals surface area contributed by atoms with E-state index in [1.165, 1.54) is 18.6 Å². The molecule has 0 aromatic carbocycles. The third-order valence-corrected chi connectivity index (χ3v) is 1.99. The summed E-state index contributed by atoms with van der Waals surface area (Å²) in [6.45, 7) is 0. The summed E-state index contributed by atoms with van der Waals surface area (Å²) in [6.07, 6.45) is 5.12. The SMILES string of the molecule is O=Cc1cnc(-c2ccc(Cl)cn2)nc1. The van der Waals surface area contributed by atoms with Gasteiger partial charge in [0, 0.05) is 18.6 Å². The van der Waals surface area contributed by atoms with E-state index in [2.05, 4.69) is 15.0 Å². The van der Waals surface area contributed by atoms with E-state index >= 15 is 0 Å². The lowest BCUT2D eigenvalue weighted by Gasteiger charge is -1.98. The number of aldehydes is 1. The third kappa shape index (κ3) is 2.16. The minimum Gasteiger partial charge on any atom is -0.298 e. The van der Waals surface area contributed by atoms with Crippen LogP contribution in [0.5, 0.6) is 0 Å². The maximum atomic E-state index is 10.4. The average Bonchev–Trinajstić information content (AvgIpc) is 2.30. The summed E-state index contributed by atoms with van der Waals surface area (Å²) in [4.78, 5) is 22.4. The van der Waals surface area contributed by atoms with Crippen LogP contribution < -0.4 is 0 Å². The first-order chi connectivity index (χ1) is 7.29. The second kappa shape index (κ2) is 4.14. The number of halogens is 1. The van der Waals surface area contributed by atoms with Crippen LogP contribution in [-0.4, -0.2) is 21.2 Å². The lowest BCUT2D eigenvalue weighted by Crippen LogP contribution is -1.92. The Kier molecular flexibility index (Phi) is 2.69. The van der Waals surface area contributed by atoms with Crippen molar-refractivity contribution >= 4 is 17.9 Å². The molecule has 0 radical (unpaired) electrons. The van der Waals surface area contributed by atoms with Gasteiger partial charge in [-0.05, 0) is 12.1 Å².